The summed E-state index contributed by atoms with van der Waals surface area (Å²) in [7, 11) is 0. The van der Waals surface area contributed by atoms with Gasteiger partial charge in [-0.15, -0.1) is 5.11 Å². The Balaban J connectivity index is 2.26. The van der Waals surface area contributed by atoms with Crippen LogP contribution in [0.4, 0.5) is 11.4 Å². The van der Waals surface area contributed by atoms with Gasteiger partial charge in [-0.05, 0) is 36.4 Å². The summed E-state index contributed by atoms with van der Waals surface area (Å²) in [5.74, 6) is 0. The summed E-state index contributed by atoms with van der Waals surface area (Å²) in [6.07, 6.45) is 0. The van der Waals surface area contributed by atoms with Crippen LogP contribution in [0.15, 0.2) is 52.7 Å². The highest BCUT2D eigenvalue weighted by Gasteiger charge is 1.99. The van der Waals surface area contributed by atoms with E-state index in [9.17, 15) is 0 Å². The largest absolute Gasteiger partial charge is 0.150 e. The lowest BCUT2D eigenvalue weighted by Gasteiger charge is -1.97. The van der Waals surface area contributed by atoms with E-state index in [-0.39, 0.29) is 0 Å². The number of hydrogen-bond acceptors (Lipinski definition) is 2. The monoisotopic (exact) mass is 284 g/mol. The van der Waals surface area contributed by atoms with Gasteiger partial charge in [-0.3, -0.25) is 0 Å². The van der Waals surface area contributed by atoms with E-state index in [0.29, 0.717) is 26.4 Å². The summed E-state index contributed by atoms with van der Waals surface area (Å²) in [4.78, 5) is 0. The first kappa shape index (κ1) is 12.4. The SMILES string of the molecule is Clc1cccc(N=Nc2ccc(Cl)cc2Cl)c1. The minimum absolute atomic E-state index is 0.461. The first-order valence-electron chi connectivity index (χ1n) is 4.77. The molecule has 0 fully saturated rings. The molecule has 2 aromatic carbocycles. The summed E-state index contributed by atoms with van der Waals surface area (Å²) in [5.41, 5.74) is 1.24. The van der Waals surface area contributed by atoms with Gasteiger partial charge in [-0.25, -0.2) is 0 Å². The van der Waals surface area contributed by atoms with E-state index < -0.39 is 0 Å². The number of azo groups is 1. The smallest absolute Gasteiger partial charge is 0.104 e. The molecule has 0 amide bonds. The number of rotatable bonds is 2. The Bertz CT molecular complexity index is 567. The molecule has 0 unspecified atom stereocenters. The van der Waals surface area contributed by atoms with Gasteiger partial charge in [0.1, 0.15) is 5.69 Å². The van der Waals surface area contributed by atoms with Crippen molar-refractivity contribution in [1.82, 2.24) is 0 Å². The van der Waals surface area contributed by atoms with Crippen molar-refractivity contribution in [3.63, 3.8) is 0 Å². The fourth-order valence-electron chi connectivity index (χ4n) is 1.21. The molecule has 5 heteroatoms. The maximum atomic E-state index is 5.96. The number of halogens is 3. The molecule has 0 aliphatic heterocycles. The molecule has 0 N–H and O–H groups in total. The average Bonchev–Trinajstić information content (AvgIpc) is 2.28. The van der Waals surface area contributed by atoms with Crippen LogP contribution in [0.2, 0.25) is 15.1 Å². The van der Waals surface area contributed by atoms with Crippen LogP contribution in [-0.2, 0) is 0 Å². The van der Waals surface area contributed by atoms with Gasteiger partial charge in [0.05, 0.1) is 10.7 Å². The maximum absolute atomic E-state index is 5.96. The first-order chi connectivity index (χ1) is 8.15. The Hall–Kier alpha value is -1.09. The average molecular weight is 286 g/mol. The third-order valence-corrected chi connectivity index (χ3v) is 2.76. The van der Waals surface area contributed by atoms with Gasteiger partial charge >= 0.3 is 0 Å². The van der Waals surface area contributed by atoms with E-state index >= 15 is 0 Å². The first-order valence-corrected chi connectivity index (χ1v) is 5.91. The quantitative estimate of drug-likeness (QED) is 0.599. The second-order valence-electron chi connectivity index (χ2n) is 3.28. The number of hydrogen-bond donors (Lipinski definition) is 0. The van der Waals surface area contributed by atoms with Crippen molar-refractivity contribution in [2.75, 3.05) is 0 Å². The Labute approximate surface area is 114 Å². The molecule has 0 aliphatic rings. The molecule has 0 heterocycles. The number of nitrogens with zero attached hydrogens (tertiary/aromatic N) is 2. The highest BCUT2D eigenvalue weighted by molar-refractivity contribution is 6.36. The Morgan fingerprint density at radius 2 is 1.53 bits per heavy atom. The lowest BCUT2D eigenvalue weighted by atomic mass is 10.3. The van der Waals surface area contributed by atoms with E-state index in [0.717, 1.165) is 0 Å². The third-order valence-electron chi connectivity index (χ3n) is 1.99. The molecule has 0 bridgehead atoms. The second-order valence-corrected chi connectivity index (χ2v) is 4.56. The van der Waals surface area contributed by atoms with Crippen molar-refractivity contribution in [1.29, 1.82) is 0 Å². The molecular weight excluding hydrogens is 279 g/mol. The minimum atomic E-state index is 0.461. The molecule has 0 radical (unpaired) electrons. The van der Waals surface area contributed by atoms with Crippen molar-refractivity contribution >= 4 is 46.2 Å². The molecule has 0 aliphatic carbocycles. The summed E-state index contributed by atoms with van der Waals surface area (Å²) in [6.45, 7) is 0. The van der Waals surface area contributed by atoms with E-state index in [1.807, 2.05) is 0 Å². The fraction of sp³-hybridized carbons (Fsp3) is 0. The van der Waals surface area contributed by atoms with Crippen LogP contribution >= 0.6 is 34.8 Å². The van der Waals surface area contributed by atoms with Gasteiger partial charge in [0.25, 0.3) is 0 Å². The van der Waals surface area contributed by atoms with Gasteiger partial charge in [0.2, 0.25) is 0 Å². The summed E-state index contributed by atoms with van der Waals surface area (Å²) in [5, 5.41) is 9.72. The van der Waals surface area contributed by atoms with Gasteiger partial charge in [-0.1, -0.05) is 40.9 Å². The van der Waals surface area contributed by atoms with Crippen LogP contribution < -0.4 is 0 Å². The van der Waals surface area contributed by atoms with Crippen molar-refractivity contribution in [2.24, 2.45) is 10.2 Å². The Kier molecular flexibility index (Phi) is 4.00. The molecule has 0 aromatic heterocycles. The van der Waals surface area contributed by atoms with Gasteiger partial charge in [0, 0.05) is 10.0 Å². The molecule has 2 aromatic rings. The van der Waals surface area contributed by atoms with E-state index in [4.69, 9.17) is 34.8 Å². The van der Waals surface area contributed by atoms with E-state index in [1.165, 1.54) is 0 Å². The van der Waals surface area contributed by atoms with E-state index in [1.54, 1.807) is 42.5 Å². The van der Waals surface area contributed by atoms with Gasteiger partial charge in [0.15, 0.2) is 0 Å². The molecular formula is C12H7Cl3N2. The zero-order valence-electron chi connectivity index (χ0n) is 8.57. The van der Waals surface area contributed by atoms with Crippen molar-refractivity contribution < 1.29 is 0 Å². The van der Waals surface area contributed by atoms with Crippen molar-refractivity contribution in [3.8, 4) is 0 Å². The summed E-state index contributed by atoms with van der Waals surface area (Å²) in [6, 6.07) is 12.1. The summed E-state index contributed by atoms with van der Waals surface area (Å²) >= 11 is 17.6. The molecule has 0 atom stereocenters. The fourth-order valence-corrected chi connectivity index (χ4v) is 1.84. The topological polar surface area (TPSA) is 24.7 Å². The zero-order chi connectivity index (χ0) is 12.3. The number of benzene rings is 2. The normalized spacial score (nSPS) is 11.0. The zero-order valence-corrected chi connectivity index (χ0v) is 10.8. The highest BCUT2D eigenvalue weighted by atomic mass is 35.5. The molecule has 0 spiro atoms. The van der Waals surface area contributed by atoms with Crippen LogP contribution in [0.3, 0.4) is 0 Å². The maximum Gasteiger partial charge on any atom is 0.104 e. The van der Waals surface area contributed by atoms with Crippen molar-refractivity contribution in [2.45, 2.75) is 0 Å². The van der Waals surface area contributed by atoms with Crippen LogP contribution in [0, 0.1) is 0 Å². The van der Waals surface area contributed by atoms with Gasteiger partial charge < -0.3 is 0 Å². The lowest BCUT2D eigenvalue weighted by molar-refractivity contribution is 1.23. The molecule has 86 valence electrons. The molecule has 2 rings (SSSR count). The third kappa shape index (κ3) is 3.43. The highest BCUT2D eigenvalue weighted by Crippen LogP contribution is 2.29. The predicted molar refractivity (Wildman–Crippen MR) is 72.1 cm³/mol. The molecule has 17 heavy (non-hydrogen) atoms. The summed E-state index contributed by atoms with van der Waals surface area (Å²) < 4.78 is 0. The molecule has 0 saturated carbocycles. The van der Waals surface area contributed by atoms with Crippen LogP contribution in [0.25, 0.3) is 0 Å². The van der Waals surface area contributed by atoms with Crippen LogP contribution in [0.5, 0.6) is 0 Å². The lowest BCUT2D eigenvalue weighted by Crippen LogP contribution is -1.69. The Morgan fingerprint density at radius 3 is 2.24 bits per heavy atom. The standard InChI is InChI=1S/C12H7Cl3N2/c13-8-2-1-3-10(6-8)16-17-12-5-4-9(14)7-11(12)15/h1-7H. The Morgan fingerprint density at radius 1 is 0.765 bits per heavy atom. The predicted octanol–water partition coefficient (Wildman–Crippen LogP) is 6.06. The van der Waals surface area contributed by atoms with E-state index in [2.05, 4.69) is 10.2 Å². The second kappa shape index (κ2) is 5.50. The van der Waals surface area contributed by atoms with Crippen LogP contribution in [0.1, 0.15) is 0 Å². The minimum Gasteiger partial charge on any atom is -0.150 e. The van der Waals surface area contributed by atoms with Crippen molar-refractivity contribution in [3.05, 3.63) is 57.5 Å². The molecule has 2 nitrogen and oxygen atoms in total. The molecule has 0 saturated heterocycles. The van der Waals surface area contributed by atoms with Crippen LogP contribution in [-0.4, -0.2) is 0 Å². The van der Waals surface area contributed by atoms with Gasteiger partial charge in [-0.2, -0.15) is 5.11 Å².